The standard InChI is InChI=1S/C15H23NO2/c1-2-17-15-9-8-13(16)10-12(15)11-18-14-6-4-3-5-7-14/h8-10,14H,2-7,11,16H2,1H3. The van der Waals surface area contributed by atoms with E-state index in [-0.39, 0.29) is 0 Å². The van der Waals surface area contributed by atoms with Crippen LogP contribution >= 0.6 is 0 Å². The smallest absolute Gasteiger partial charge is 0.124 e. The lowest BCUT2D eigenvalue weighted by Crippen LogP contribution is -2.16. The first-order chi connectivity index (χ1) is 8.79. The molecule has 100 valence electrons. The Kier molecular flexibility index (Phi) is 4.88. The van der Waals surface area contributed by atoms with Gasteiger partial charge in [0.2, 0.25) is 0 Å². The summed E-state index contributed by atoms with van der Waals surface area (Å²) in [6.45, 7) is 3.26. The van der Waals surface area contributed by atoms with E-state index < -0.39 is 0 Å². The van der Waals surface area contributed by atoms with Crippen molar-refractivity contribution >= 4 is 5.69 Å². The topological polar surface area (TPSA) is 44.5 Å². The van der Waals surface area contributed by atoms with E-state index in [9.17, 15) is 0 Å². The van der Waals surface area contributed by atoms with Crippen molar-refractivity contribution in [3.8, 4) is 5.75 Å². The van der Waals surface area contributed by atoms with Crippen LogP contribution in [0.5, 0.6) is 5.75 Å². The quantitative estimate of drug-likeness (QED) is 0.812. The van der Waals surface area contributed by atoms with Crippen LogP contribution in [0.2, 0.25) is 0 Å². The molecule has 0 saturated heterocycles. The molecule has 1 saturated carbocycles. The molecule has 0 aliphatic heterocycles. The minimum Gasteiger partial charge on any atom is -0.494 e. The number of ether oxygens (including phenoxy) is 2. The number of nitrogens with two attached hydrogens (primary N) is 1. The van der Waals surface area contributed by atoms with Crippen LogP contribution in [0.25, 0.3) is 0 Å². The minimum absolute atomic E-state index is 0.412. The molecule has 0 bridgehead atoms. The predicted molar refractivity (Wildman–Crippen MR) is 73.7 cm³/mol. The number of anilines is 1. The van der Waals surface area contributed by atoms with Crippen LogP contribution in [0.15, 0.2) is 18.2 Å². The van der Waals surface area contributed by atoms with Crippen LogP contribution in [0.3, 0.4) is 0 Å². The van der Waals surface area contributed by atoms with E-state index in [4.69, 9.17) is 15.2 Å². The fourth-order valence-electron chi connectivity index (χ4n) is 2.45. The number of hydrogen-bond acceptors (Lipinski definition) is 3. The van der Waals surface area contributed by atoms with Gasteiger partial charge in [-0.3, -0.25) is 0 Å². The Bertz CT molecular complexity index is 373. The van der Waals surface area contributed by atoms with Gasteiger partial charge < -0.3 is 15.2 Å². The van der Waals surface area contributed by atoms with E-state index in [1.807, 2.05) is 25.1 Å². The normalized spacial score (nSPS) is 16.7. The molecule has 0 atom stereocenters. The molecule has 0 radical (unpaired) electrons. The first-order valence-corrected chi connectivity index (χ1v) is 6.92. The fourth-order valence-corrected chi connectivity index (χ4v) is 2.45. The van der Waals surface area contributed by atoms with Crippen molar-refractivity contribution in [3.63, 3.8) is 0 Å². The Balaban J connectivity index is 1.95. The molecule has 1 aliphatic carbocycles. The third-order valence-electron chi connectivity index (χ3n) is 3.41. The van der Waals surface area contributed by atoms with Gasteiger partial charge in [-0.15, -0.1) is 0 Å². The largest absolute Gasteiger partial charge is 0.494 e. The van der Waals surface area contributed by atoms with Crippen molar-refractivity contribution < 1.29 is 9.47 Å². The zero-order valence-corrected chi connectivity index (χ0v) is 11.2. The van der Waals surface area contributed by atoms with Crippen LogP contribution in [0, 0.1) is 0 Å². The Morgan fingerprint density at radius 2 is 2.00 bits per heavy atom. The molecule has 18 heavy (non-hydrogen) atoms. The third-order valence-corrected chi connectivity index (χ3v) is 3.41. The molecular weight excluding hydrogens is 226 g/mol. The average Bonchev–Trinajstić information content (AvgIpc) is 2.40. The second-order valence-corrected chi connectivity index (χ2v) is 4.87. The van der Waals surface area contributed by atoms with Crippen molar-refractivity contribution in [2.75, 3.05) is 12.3 Å². The highest BCUT2D eigenvalue weighted by Gasteiger charge is 2.14. The first-order valence-electron chi connectivity index (χ1n) is 6.92. The van der Waals surface area contributed by atoms with Gasteiger partial charge >= 0.3 is 0 Å². The summed E-state index contributed by atoms with van der Waals surface area (Å²) in [6.07, 6.45) is 6.72. The average molecular weight is 249 g/mol. The van der Waals surface area contributed by atoms with E-state index in [1.54, 1.807) is 0 Å². The molecule has 3 nitrogen and oxygen atoms in total. The van der Waals surface area contributed by atoms with Gasteiger partial charge in [-0.2, -0.15) is 0 Å². The number of benzene rings is 1. The van der Waals surface area contributed by atoms with Crippen LogP contribution in [-0.4, -0.2) is 12.7 Å². The molecule has 0 spiro atoms. The first kappa shape index (κ1) is 13.2. The van der Waals surface area contributed by atoms with Crippen molar-refractivity contribution in [1.29, 1.82) is 0 Å². The van der Waals surface area contributed by atoms with Crippen LogP contribution in [0.4, 0.5) is 5.69 Å². The second kappa shape index (κ2) is 6.64. The van der Waals surface area contributed by atoms with Crippen molar-refractivity contribution in [3.05, 3.63) is 23.8 Å². The monoisotopic (exact) mass is 249 g/mol. The summed E-state index contributed by atoms with van der Waals surface area (Å²) in [5.41, 5.74) is 7.64. The zero-order valence-electron chi connectivity index (χ0n) is 11.2. The van der Waals surface area contributed by atoms with E-state index in [0.29, 0.717) is 19.3 Å². The molecule has 1 aliphatic rings. The SMILES string of the molecule is CCOc1ccc(N)cc1COC1CCCCC1. The summed E-state index contributed by atoms with van der Waals surface area (Å²) in [5.74, 6) is 0.891. The molecule has 0 unspecified atom stereocenters. The fraction of sp³-hybridized carbons (Fsp3) is 0.600. The number of nitrogen functional groups attached to an aromatic ring is 1. The highest BCUT2D eigenvalue weighted by atomic mass is 16.5. The summed E-state index contributed by atoms with van der Waals surface area (Å²) in [7, 11) is 0. The molecule has 2 rings (SSSR count). The molecular formula is C15H23NO2. The maximum absolute atomic E-state index is 5.98. The van der Waals surface area contributed by atoms with Crippen LogP contribution < -0.4 is 10.5 Å². The molecule has 2 N–H and O–H groups in total. The van der Waals surface area contributed by atoms with Crippen molar-refractivity contribution in [2.45, 2.75) is 51.7 Å². The molecule has 1 aromatic rings. The molecule has 1 fully saturated rings. The summed E-state index contributed by atoms with van der Waals surface area (Å²) in [5, 5.41) is 0. The lowest BCUT2D eigenvalue weighted by Gasteiger charge is -2.22. The van der Waals surface area contributed by atoms with Gasteiger partial charge in [-0.1, -0.05) is 19.3 Å². The molecule has 1 aromatic carbocycles. The Morgan fingerprint density at radius 1 is 1.22 bits per heavy atom. The summed E-state index contributed by atoms with van der Waals surface area (Å²) in [4.78, 5) is 0. The maximum Gasteiger partial charge on any atom is 0.124 e. The van der Waals surface area contributed by atoms with Crippen LogP contribution in [-0.2, 0) is 11.3 Å². The molecule has 0 amide bonds. The second-order valence-electron chi connectivity index (χ2n) is 4.87. The van der Waals surface area contributed by atoms with Gasteiger partial charge in [-0.25, -0.2) is 0 Å². The van der Waals surface area contributed by atoms with Gasteiger partial charge in [0.1, 0.15) is 5.75 Å². The molecule has 0 aromatic heterocycles. The highest BCUT2D eigenvalue weighted by Crippen LogP contribution is 2.26. The minimum atomic E-state index is 0.412. The van der Waals surface area contributed by atoms with E-state index in [2.05, 4.69) is 0 Å². The zero-order chi connectivity index (χ0) is 12.8. The number of hydrogen-bond donors (Lipinski definition) is 1. The lowest BCUT2D eigenvalue weighted by atomic mass is 9.98. The predicted octanol–water partition coefficient (Wildman–Crippen LogP) is 3.52. The third kappa shape index (κ3) is 3.64. The Morgan fingerprint density at radius 3 is 2.72 bits per heavy atom. The Labute approximate surface area is 109 Å². The Hall–Kier alpha value is -1.22. The lowest BCUT2D eigenvalue weighted by molar-refractivity contribution is 0.0159. The summed E-state index contributed by atoms with van der Waals surface area (Å²) < 4.78 is 11.6. The van der Waals surface area contributed by atoms with Gasteiger partial charge in [0.15, 0.2) is 0 Å². The van der Waals surface area contributed by atoms with E-state index >= 15 is 0 Å². The highest BCUT2D eigenvalue weighted by molar-refractivity contribution is 5.47. The molecule has 3 heteroatoms. The van der Waals surface area contributed by atoms with Gasteiger partial charge in [0, 0.05) is 11.3 Å². The van der Waals surface area contributed by atoms with Gasteiger partial charge in [0.25, 0.3) is 0 Å². The van der Waals surface area contributed by atoms with Gasteiger partial charge in [-0.05, 0) is 38.0 Å². The summed E-state index contributed by atoms with van der Waals surface area (Å²) >= 11 is 0. The molecule has 0 heterocycles. The maximum atomic E-state index is 5.98. The van der Waals surface area contributed by atoms with E-state index in [1.165, 1.54) is 32.1 Å². The van der Waals surface area contributed by atoms with Crippen molar-refractivity contribution in [1.82, 2.24) is 0 Å². The van der Waals surface area contributed by atoms with E-state index in [0.717, 1.165) is 17.0 Å². The van der Waals surface area contributed by atoms with Crippen molar-refractivity contribution in [2.24, 2.45) is 0 Å². The summed E-state index contributed by atoms with van der Waals surface area (Å²) in [6, 6.07) is 5.75. The van der Waals surface area contributed by atoms with Crippen LogP contribution in [0.1, 0.15) is 44.6 Å². The number of rotatable bonds is 5. The van der Waals surface area contributed by atoms with Gasteiger partial charge in [0.05, 0.1) is 19.3 Å².